The SMILES string of the molecule is CC[C@@H]1C[C@@H]2COCn3c4c(c5ccccc53)CCN(C1)[C@@H]42. The first-order valence-corrected chi connectivity index (χ1v) is 8.78. The van der Waals surface area contributed by atoms with Gasteiger partial charge >= 0.3 is 0 Å². The van der Waals surface area contributed by atoms with Gasteiger partial charge in [-0.05, 0) is 30.4 Å². The van der Waals surface area contributed by atoms with Crippen molar-refractivity contribution in [3.05, 3.63) is 35.5 Å². The van der Waals surface area contributed by atoms with Crippen molar-refractivity contribution in [2.24, 2.45) is 11.8 Å². The molecule has 116 valence electrons. The largest absolute Gasteiger partial charge is 0.360 e. The van der Waals surface area contributed by atoms with Crippen molar-refractivity contribution in [1.29, 1.82) is 0 Å². The van der Waals surface area contributed by atoms with E-state index >= 15 is 0 Å². The van der Waals surface area contributed by atoms with Crippen molar-refractivity contribution in [2.45, 2.75) is 39.0 Å². The summed E-state index contributed by atoms with van der Waals surface area (Å²) in [5.41, 5.74) is 4.54. The summed E-state index contributed by atoms with van der Waals surface area (Å²) in [5, 5.41) is 1.46. The van der Waals surface area contributed by atoms with Gasteiger partial charge in [-0.2, -0.15) is 0 Å². The summed E-state index contributed by atoms with van der Waals surface area (Å²) in [4.78, 5) is 2.76. The molecule has 3 heteroatoms. The normalized spacial score (nSPS) is 31.0. The molecule has 1 fully saturated rings. The molecule has 0 spiro atoms. The highest BCUT2D eigenvalue weighted by atomic mass is 16.5. The lowest BCUT2D eigenvalue weighted by Crippen LogP contribution is -2.47. The molecule has 0 amide bonds. The lowest BCUT2D eigenvalue weighted by atomic mass is 9.78. The molecule has 0 unspecified atom stereocenters. The monoisotopic (exact) mass is 296 g/mol. The molecule has 1 aromatic heterocycles. The topological polar surface area (TPSA) is 17.4 Å². The van der Waals surface area contributed by atoms with Crippen LogP contribution in [0.5, 0.6) is 0 Å². The molecule has 0 saturated carbocycles. The van der Waals surface area contributed by atoms with Crippen molar-refractivity contribution in [3.63, 3.8) is 0 Å². The van der Waals surface area contributed by atoms with E-state index in [9.17, 15) is 0 Å². The number of fused-ring (bicyclic) bond motifs is 3. The van der Waals surface area contributed by atoms with Crippen LogP contribution in [0.2, 0.25) is 0 Å². The minimum absolute atomic E-state index is 0.585. The third-order valence-electron chi connectivity index (χ3n) is 6.15. The molecule has 0 N–H and O–H groups in total. The lowest BCUT2D eigenvalue weighted by molar-refractivity contribution is -0.00360. The zero-order chi connectivity index (χ0) is 14.7. The number of para-hydroxylation sites is 1. The highest BCUT2D eigenvalue weighted by molar-refractivity contribution is 5.86. The Bertz CT molecular complexity index is 720. The zero-order valence-electron chi connectivity index (χ0n) is 13.3. The Morgan fingerprint density at radius 2 is 2.18 bits per heavy atom. The summed E-state index contributed by atoms with van der Waals surface area (Å²) in [5.74, 6) is 1.52. The minimum Gasteiger partial charge on any atom is -0.360 e. The number of ether oxygens (including phenoxy) is 1. The summed E-state index contributed by atoms with van der Waals surface area (Å²) < 4.78 is 8.58. The van der Waals surface area contributed by atoms with Gasteiger partial charge in [0.25, 0.3) is 0 Å². The number of hydrogen-bond acceptors (Lipinski definition) is 2. The number of aromatic nitrogens is 1. The van der Waals surface area contributed by atoms with Crippen LogP contribution in [-0.2, 0) is 17.9 Å². The van der Waals surface area contributed by atoms with Crippen LogP contribution in [0, 0.1) is 11.8 Å². The summed E-state index contributed by atoms with van der Waals surface area (Å²) >= 11 is 0. The first-order valence-electron chi connectivity index (χ1n) is 8.78. The maximum atomic E-state index is 6.12. The van der Waals surface area contributed by atoms with Crippen LogP contribution in [-0.4, -0.2) is 29.2 Å². The number of hydrogen-bond donors (Lipinski definition) is 0. The van der Waals surface area contributed by atoms with Gasteiger partial charge < -0.3 is 9.30 Å². The summed E-state index contributed by atoms with van der Waals surface area (Å²) in [6, 6.07) is 9.48. The summed E-state index contributed by atoms with van der Waals surface area (Å²) in [6.45, 7) is 6.49. The molecule has 0 aliphatic carbocycles. The molecule has 3 aliphatic heterocycles. The second-order valence-corrected chi connectivity index (χ2v) is 7.27. The second-order valence-electron chi connectivity index (χ2n) is 7.27. The molecule has 1 saturated heterocycles. The Labute approximate surface area is 131 Å². The van der Waals surface area contributed by atoms with Crippen LogP contribution in [0.1, 0.15) is 37.1 Å². The number of benzene rings is 1. The van der Waals surface area contributed by atoms with Gasteiger partial charge in [0.05, 0.1) is 18.2 Å². The Hall–Kier alpha value is -1.32. The van der Waals surface area contributed by atoms with E-state index in [2.05, 4.69) is 40.7 Å². The molecule has 2 aromatic rings. The van der Waals surface area contributed by atoms with Crippen LogP contribution >= 0.6 is 0 Å². The fourth-order valence-electron chi connectivity index (χ4n) is 5.14. The fraction of sp³-hybridized carbons (Fsp3) is 0.579. The highest BCUT2D eigenvalue weighted by Crippen LogP contribution is 2.47. The van der Waals surface area contributed by atoms with E-state index in [1.807, 2.05) is 0 Å². The van der Waals surface area contributed by atoms with E-state index in [0.29, 0.717) is 12.0 Å². The van der Waals surface area contributed by atoms with Crippen molar-refractivity contribution in [1.82, 2.24) is 9.47 Å². The highest BCUT2D eigenvalue weighted by Gasteiger charge is 2.43. The molecule has 0 radical (unpaired) electrons. The predicted octanol–water partition coefficient (Wildman–Crippen LogP) is 3.57. The molecule has 3 aliphatic rings. The maximum absolute atomic E-state index is 6.12. The molecular formula is C19H24N2O. The minimum atomic E-state index is 0.585. The number of rotatable bonds is 1. The Morgan fingerprint density at radius 3 is 3.09 bits per heavy atom. The van der Waals surface area contributed by atoms with E-state index in [0.717, 1.165) is 19.3 Å². The average Bonchev–Trinajstić information content (AvgIpc) is 2.75. The van der Waals surface area contributed by atoms with E-state index in [1.54, 1.807) is 11.3 Å². The van der Waals surface area contributed by atoms with Crippen LogP contribution in [0.4, 0.5) is 0 Å². The molecule has 3 atom stereocenters. The van der Waals surface area contributed by atoms with Gasteiger partial charge in [0, 0.05) is 30.1 Å². The van der Waals surface area contributed by atoms with Gasteiger partial charge in [0.1, 0.15) is 6.73 Å². The quantitative estimate of drug-likeness (QED) is 0.800. The third-order valence-corrected chi connectivity index (χ3v) is 6.15. The number of piperidine rings is 1. The van der Waals surface area contributed by atoms with E-state index < -0.39 is 0 Å². The standard InChI is InChI=1S/C19H24N2O/c1-2-13-9-14-11-22-12-21-17-6-4-3-5-15(17)16-7-8-20(10-13)18(14)19(16)21/h3-6,13-14,18H,2,7-12H2,1H3/t13-,14-,18-/m1/s1. The van der Waals surface area contributed by atoms with Gasteiger partial charge in [0.15, 0.2) is 0 Å². The summed E-state index contributed by atoms with van der Waals surface area (Å²) in [6.07, 6.45) is 3.83. The van der Waals surface area contributed by atoms with Gasteiger partial charge in [-0.3, -0.25) is 4.90 Å². The molecule has 3 nitrogen and oxygen atoms in total. The Balaban J connectivity index is 1.72. The average molecular weight is 296 g/mol. The molecule has 5 rings (SSSR count). The van der Waals surface area contributed by atoms with Crippen molar-refractivity contribution >= 4 is 10.9 Å². The first kappa shape index (κ1) is 13.1. The van der Waals surface area contributed by atoms with E-state index in [4.69, 9.17) is 4.74 Å². The fourth-order valence-corrected chi connectivity index (χ4v) is 5.14. The molecule has 22 heavy (non-hydrogen) atoms. The molecule has 4 heterocycles. The van der Waals surface area contributed by atoms with Crippen molar-refractivity contribution in [2.75, 3.05) is 19.7 Å². The van der Waals surface area contributed by atoms with Gasteiger partial charge in [-0.15, -0.1) is 0 Å². The van der Waals surface area contributed by atoms with Crippen molar-refractivity contribution in [3.8, 4) is 0 Å². The molecule has 0 bridgehead atoms. The van der Waals surface area contributed by atoms with Gasteiger partial charge in [0.2, 0.25) is 0 Å². The lowest BCUT2D eigenvalue weighted by Gasteiger charge is -2.46. The summed E-state index contributed by atoms with van der Waals surface area (Å²) in [7, 11) is 0. The van der Waals surface area contributed by atoms with Crippen LogP contribution < -0.4 is 0 Å². The first-order chi connectivity index (χ1) is 10.9. The van der Waals surface area contributed by atoms with E-state index in [1.165, 1.54) is 43.3 Å². The van der Waals surface area contributed by atoms with Gasteiger partial charge in [-0.25, -0.2) is 0 Å². The van der Waals surface area contributed by atoms with Crippen LogP contribution in [0.3, 0.4) is 0 Å². The molecule has 1 aromatic carbocycles. The smallest absolute Gasteiger partial charge is 0.123 e. The Morgan fingerprint density at radius 1 is 1.27 bits per heavy atom. The van der Waals surface area contributed by atoms with Gasteiger partial charge in [-0.1, -0.05) is 31.5 Å². The van der Waals surface area contributed by atoms with Crippen molar-refractivity contribution < 1.29 is 4.74 Å². The maximum Gasteiger partial charge on any atom is 0.123 e. The van der Waals surface area contributed by atoms with Crippen LogP contribution in [0.25, 0.3) is 10.9 Å². The number of nitrogens with zero attached hydrogens (tertiary/aromatic N) is 2. The van der Waals surface area contributed by atoms with Crippen LogP contribution in [0.15, 0.2) is 24.3 Å². The predicted molar refractivity (Wildman–Crippen MR) is 87.8 cm³/mol. The molecular weight excluding hydrogens is 272 g/mol. The third kappa shape index (κ3) is 1.70. The Kier molecular flexibility index (Phi) is 2.89. The van der Waals surface area contributed by atoms with E-state index in [-0.39, 0.29) is 0 Å². The second kappa shape index (κ2) is 4.84. The zero-order valence-corrected chi connectivity index (χ0v) is 13.3.